The van der Waals surface area contributed by atoms with Crippen LogP contribution in [0.2, 0.25) is 0 Å². The lowest BCUT2D eigenvalue weighted by Crippen LogP contribution is -2.43. The second-order valence-electron chi connectivity index (χ2n) is 14.0. The third-order valence-corrected chi connectivity index (χ3v) is 9.21. The molecule has 2 atom stereocenters. The fourth-order valence-electron chi connectivity index (χ4n) is 6.18. The van der Waals surface area contributed by atoms with Crippen LogP contribution in [0.1, 0.15) is 103 Å². The van der Waals surface area contributed by atoms with Crippen molar-refractivity contribution in [3.05, 3.63) is 58.4 Å². The van der Waals surface area contributed by atoms with Crippen LogP contribution in [0.5, 0.6) is 0 Å². The normalized spacial score (nSPS) is 18.9. The summed E-state index contributed by atoms with van der Waals surface area (Å²) in [5.74, 6) is 0.797. The van der Waals surface area contributed by atoms with Gasteiger partial charge in [0.1, 0.15) is 17.0 Å². The van der Waals surface area contributed by atoms with Crippen LogP contribution in [0.4, 0.5) is 15.3 Å². The number of rotatable bonds is 5. The number of nitrogens with zero attached hydrogens (tertiary/aromatic N) is 4. The summed E-state index contributed by atoms with van der Waals surface area (Å²) < 4.78 is 11.3. The average Bonchev–Trinajstić information content (AvgIpc) is 3.78. The minimum atomic E-state index is -0.531. The molecule has 9 nitrogen and oxygen atoms in total. The molecule has 0 bridgehead atoms. The molecule has 2 amide bonds. The van der Waals surface area contributed by atoms with E-state index < -0.39 is 11.2 Å². The molecule has 0 radical (unpaired) electrons. The van der Waals surface area contributed by atoms with Crippen LogP contribution in [-0.4, -0.2) is 68.0 Å². The zero-order chi connectivity index (χ0) is 31.9. The number of carbonyl (C=O) groups excluding carboxylic acids is 2. The van der Waals surface area contributed by atoms with Gasteiger partial charge in [0.2, 0.25) is 0 Å². The summed E-state index contributed by atoms with van der Waals surface area (Å²) in [5.41, 5.74) is 4.23. The Morgan fingerprint density at radius 3 is 2.17 bits per heavy atom. The number of fused-ring (bicyclic) bond motifs is 1. The Morgan fingerprint density at radius 2 is 1.52 bits per heavy atom. The van der Waals surface area contributed by atoms with Crippen molar-refractivity contribution < 1.29 is 19.1 Å². The number of hydrogen-bond donors (Lipinski definition) is 1. The number of thiophene rings is 1. The van der Waals surface area contributed by atoms with Gasteiger partial charge in [0.05, 0.1) is 34.5 Å². The summed E-state index contributed by atoms with van der Waals surface area (Å²) in [7, 11) is 0. The highest BCUT2D eigenvalue weighted by Gasteiger charge is 2.37. The SMILES string of the molecule is C.CC(C)(C)OC(=O)N1CCCC1c1ncc(-c2ccc(/C=C/c3ccc4c(c3)CC([C@@H]3CCCN3C(=O)OC(C)(C)C)=N4)s2)[nH]1.S.S. The Bertz CT molecular complexity index is 1650. The van der Waals surface area contributed by atoms with Crippen molar-refractivity contribution in [1.82, 2.24) is 19.8 Å². The van der Waals surface area contributed by atoms with Gasteiger partial charge in [0.25, 0.3) is 0 Å². The van der Waals surface area contributed by atoms with E-state index in [0.29, 0.717) is 13.1 Å². The molecule has 2 fully saturated rings. The second-order valence-corrected chi connectivity index (χ2v) is 15.2. The standard InChI is InChI=1S/C35H43N5O4S.CH4.2H2S/c1-34(2,3)43-32(41)39-17-7-9-28(39)26-20-23-19-22(12-15-25(23)37-26)11-13-24-14-16-30(45-24)27-21-36-31(38-27)29-10-8-18-40(29)33(42)44-35(4,5)6;;;/h11-16,19,21,28-29H,7-10,17-18,20H2,1-6H3,(H,36,38);1H4;2*1H2/b13-11+;;;/t28-,29?;;;/m0.../s1. The van der Waals surface area contributed by atoms with Gasteiger partial charge in [-0.1, -0.05) is 19.6 Å². The summed E-state index contributed by atoms with van der Waals surface area (Å²) in [6, 6.07) is 10.5. The number of hydrogen-bond acceptors (Lipinski definition) is 7. The Labute approximate surface area is 303 Å². The monoisotopic (exact) mass is 713 g/mol. The van der Waals surface area contributed by atoms with E-state index in [2.05, 4.69) is 52.5 Å². The van der Waals surface area contributed by atoms with Crippen molar-refractivity contribution in [2.75, 3.05) is 13.1 Å². The summed E-state index contributed by atoms with van der Waals surface area (Å²) in [6.45, 7) is 12.7. The Hall–Kier alpha value is -3.22. The third kappa shape index (κ3) is 9.06. The summed E-state index contributed by atoms with van der Waals surface area (Å²) in [5, 5.41) is 0. The lowest BCUT2D eigenvalue weighted by Gasteiger charge is -2.28. The molecule has 2 aromatic heterocycles. The molecule has 5 heterocycles. The van der Waals surface area contributed by atoms with Crippen LogP contribution in [0, 0.1) is 0 Å². The van der Waals surface area contributed by atoms with Crippen LogP contribution >= 0.6 is 38.3 Å². The number of carbonyl (C=O) groups is 2. The number of benzene rings is 1. The van der Waals surface area contributed by atoms with E-state index in [1.807, 2.05) is 52.6 Å². The van der Waals surface area contributed by atoms with E-state index in [1.165, 1.54) is 5.56 Å². The molecule has 0 aliphatic carbocycles. The molecule has 48 heavy (non-hydrogen) atoms. The summed E-state index contributed by atoms with van der Waals surface area (Å²) in [4.78, 5) is 44.5. The highest BCUT2D eigenvalue weighted by molar-refractivity contribution is 7.59. The fraction of sp³-hybridized carbons (Fsp3) is 0.500. The van der Waals surface area contributed by atoms with E-state index in [1.54, 1.807) is 16.2 Å². The van der Waals surface area contributed by atoms with Crippen LogP contribution in [-0.2, 0) is 15.9 Å². The van der Waals surface area contributed by atoms with Crippen LogP contribution in [0.3, 0.4) is 0 Å². The van der Waals surface area contributed by atoms with Crippen molar-refractivity contribution >= 4 is 74.1 Å². The lowest BCUT2D eigenvalue weighted by atomic mass is 10.0. The van der Waals surface area contributed by atoms with Crippen LogP contribution < -0.4 is 0 Å². The van der Waals surface area contributed by atoms with Gasteiger partial charge in [-0.2, -0.15) is 27.0 Å². The smallest absolute Gasteiger partial charge is 0.410 e. The number of ether oxygens (including phenoxy) is 2. The summed E-state index contributed by atoms with van der Waals surface area (Å²) in [6.07, 6.45) is 9.98. The largest absolute Gasteiger partial charge is 0.444 e. The van der Waals surface area contributed by atoms with Gasteiger partial charge in [-0.25, -0.2) is 14.6 Å². The van der Waals surface area contributed by atoms with Crippen LogP contribution in [0.15, 0.2) is 41.5 Å². The van der Waals surface area contributed by atoms with Crippen molar-refractivity contribution in [2.45, 2.75) is 104 Å². The Kier molecular flexibility index (Phi) is 12.7. The number of aromatic nitrogens is 2. The van der Waals surface area contributed by atoms with Crippen molar-refractivity contribution in [3.63, 3.8) is 0 Å². The topological polar surface area (TPSA) is 100 Å². The molecule has 1 aromatic carbocycles. The maximum atomic E-state index is 12.8. The van der Waals surface area contributed by atoms with Crippen molar-refractivity contribution in [3.8, 4) is 10.6 Å². The number of likely N-dealkylation sites (tertiary alicyclic amines) is 2. The number of amides is 2. The molecular formula is C36H51N5O4S3. The zero-order valence-corrected chi connectivity index (χ0v) is 30.9. The molecule has 2 saturated heterocycles. The molecule has 0 spiro atoms. The first kappa shape index (κ1) is 39.2. The number of imidazole rings is 1. The zero-order valence-electron chi connectivity index (χ0n) is 28.1. The number of nitrogens with one attached hydrogen (secondary N) is 1. The maximum absolute atomic E-state index is 12.8. The van der Waals surface area contributed by atoms with Crippen molar-refractivity contribution in [2.24, 2.45) is 4.99 Å². The number of aromatic amines is 1. The predicted octanol–water partition coefficient (Wildman–Crippen LogP) is 9.27. The van der Waals surface area contributed by atoms with Gasteiger partial charge in [0.15, 0.2) is 0 Å². The minimum absolute atomic E-state index is 0. The van der Waals surface area contributed by atoms with E-state index in [4.69, 9.17) is 14.5 Å². The molecule has 6 rings (SSSR count). The van der Waals surface area contributed by atoms with E-state index in [-0.39, 0.29) is 58.7 Å². The van der Waals surface area contributed by atoms with E-state index >= 15 is 0 Å². The van der Waals surface area contributed by atoms with Gasteiger partial charge in [-0.05, 0) is 109 Å². The molecule has 3 aliphatic heterocycles. The number of aliphatic imine (C=N–C) groups is 1. The van der Waals surface area contributed by atoms with Gasteiger partial charge in [0, 0.05) is 30.1 Å². The highest BCUT2D eigenvalue weighted by Crippen LogP contribution is 2.36. The molecule has 12 heteroatoms. The average molecular weight is 714 g/mol. The molecular weight excluding hydrogens is 663 g/mol. The first-order chi connectivity index (χ1) is 21.3. The predicted molar refractivity (Wildman–Crippen MR) is 206 cm³/mol. The van der Waals surface area contributed by atoms with Gasteiger partial charge < -0.3 is 14.5 Å². The quantitative estimate of drug-likeness (QED) is 0.284. The van der Waals surface area contributed by atoms with Gasteiger partial charge in [-0.3, -0.25) is 14.8 Å². The molecule has 3 aromatic rings. The fourth-order valence-corrected chi connectivity index (χ4v) is 7.06. The van der Waals surface area contributed by atoms with Crippen LogP contribution in [0.25, 0.3) is 22.7 Å². The Morgan fingerprint density at radius 1 is 0.896 bits per heavy atom. The van der Waals surface area contributed by atoms with Gasteiger partial charge >= 0.3 is 12.2 Å². The molecule has 262 valence electrons. The second kappa shape index (κ2) is 15.6. The summed E-state index contributed by atoms with van der Waals surface area (Å²) >= 11 is 1.69. The molecule has 3 aliphatic rings. The number of H-pyrrole nitrogens is 1. The first-order valence-electron chi connectivity index (χ1n) is 15.9. The van der Waals surface area contributed by atoms with Crippen molar-refractivity contribution in [1.29, 1.82) is 0 Å². The van der Waals surface area contributed by atoms with E-state index in [9.17, 15) is 9.59 Å². The molecule has 1 unspecified atom stereocenters. The minimum Gasteiger partial charge on any atom is -0.444 e. The third-order valence-electron chi connectivity index (χ3n) is 8.13. The van der Waals surface area contributed by atoms with E-state index in [0.717, 1.165) is 70.3 Å². The molecule has 0 saturated carbocycles. The molecule has 1 N–H and O–H groups in total. The highest BCUT2D eigenvalue weighted by atomic mass is 32.1. The first-order valence-corrected chi connectivity index (χ1v) is 16.7. The van der Waals surface area contributed by atoms with Gasteiger partial charge in [-0.15, -0.1) is 11.3 Å². The Balaban J connectivity index is 0.00000208. The lowest BCUT2D eigenvalue weighted by molar-refractivity contribution is 0.0216. The maximum Gasteiger partial charge on any atom is 0.410 e.